The molecule has 0 bridgehead atoms. The van der Waals surface area contributed by atoms with Crippen LogP contribution in [0.5, 0.6) is 5.75 Å². The maximum Gasteiger partial charge on any atom is 0.308 e. The minimum atomic E-state index is -0.299. The summed E-state index contributed by atoms with van der Waals surface area (Å²) in [6, 6.07) is 5.53. The molecule has 0 spiro atoms. The maximum absolute atomic E-state index is 10.7. The summed E-state index contributed by atoms with van der Waals surface area (Å²) in [5.41, 5.74) is 3.18. The van der Waals surface area contributed by atoms with Crippen molar-refractivity contribution in [2.24, 2.45) is 0 Å². The Kier molecular flexibility index (Phi) is 3.07. The van der Waals surface area contributed by atoms with Gasteiger partial charge in [-0.3, -0.25) is 4.79 Å². The van der Waals surface area contributed by atoms with E-state index in [1.54, 1.807) is 6.07 Å². The fourth-order valence-corrected chi connectivity index (χ4v) is 1.34. The van der Waals surface area contributed by atoms with Gasteiger partial charge < -0.3 is 4.74 Å². The highest BCUT2D eigenvalue weighted by Crippen LogP contribution is 2.22. The van der Waals surface area contributed by atoms with E-state index >= 15 is 0 Å². The monoisotopic (exact) mass is 190 g/mol. The number of aryl methyl sites for hydroxylation is 1. The highest BCUT2D eigenvalue weighted by atomic mass is 16.5. The van der Waals surface area contributed by atoms with Gasteiger partial charge in [0.05, 0.1) is 0 Å². The Bertz CT molecular complexity index is 378. The van der Waals surface area contributed by atoms with E-state index < -0.39 is 0 Å². The van der Waals surface area contributed by atoms with E-state index in [2.05, 4.69) is 6.58 Å². The van der Waals surface area contributed by atoms with Crippen molar-refractivity contribution < 1.29 is 9.53 Å². The lowest BCUT2D eigenvalue weighted by atomic mass is 10.0. The van der Waals surface area contributed by atoms with Gasteiger partial charge >= 0.3 is 5.97 Å². The van der Waals surface area contributed by atoms with E-state index in [0.29, 0.717) is 5.75 Å². The second-order valence-corrected chi connectivity index (χ2v) is 3.35. The molecule has 1 aromatic rings. The van der Waals surface area contributed by atoms with Crippen molar-refractivity contribution in [3.05, 3.63) is 35.9 Å². The number of carbonyl (C=O) groups is 1. The number of rotatable bonds is 2. The summed E-state index contributed by atoms with van der Waals surface area (Å²) >= 11 is 0. The molecule has 0 heterocycles. The molecule has 0 N–H and O–H groups in total. The van der Waals surface area contributed by atoms with Crippen LogP contribution in [0.15, 0.2) is 24.8 Å². The minimum absolute atomic E-state index is 0.299. The van der Waals surface area contributed by atoms with Crippen molar-refractivity contribution in [3.63, 3.8) is 0 Å². The Labute approximate surface area is 84.2 Å². The molecule has 1 aromatic carbocycles. The normalized spacial score (nSPS) is 9.64. The van der Waals surface area contributed by atoms with Crippen LogP contribution >= 0.6 is 0 Å². The van der Waals surface area contributed by atoms with Crippen LogP contribution in [-0.2, 0) is 4.79 Å². The molecule has 0 saturated heterocycles. The SMILES string of the molecule is C=C(C)c1ccc(OC(C)=O)cc1C. The number of benzene rings is 1. The summed E-state index contributed by atoms with van der Waals surface area (Å²) < 4.78 is 4.96. The predicted molar refractivity (Wildman–Crippen MR) is 57.2 cm³/mol. The van der Waals surface area contributed by atoms with E-state index in [9.17, 15) is 4.79 Å². The smallest absolute Gasteiger partial charge is 0.308 e. The third-order valence-electron chi connectivity index (χ3n) is 1.92. The first-order valence-corrected chi connectivity index (χ1v) is 4.45. The largest absolute Gasteiger partial charge is 0.427 e. The van der Waals surface area contributed by atoms with Gasteiger partial charge in [0.15, 0.2) is 0 Å². The Morgan fingerprint density at radius 1 is 1.36 bits per heavy atom. The van der Waals surface area contributed by atoms with Crippen LogP contribution in [0.1, 0.15) is 25.0 Å². The number of esters is 1. The number of carbonyl (C=O) groups excluding carboxylic acids is 1. The Balaban J connectivity index is 3.00. The van der Waals surface area contributed by atoms with E-state index in [1.807, 2.05) is 26.0 Å². The fraction of sp³-hybridized carbons (Fsp3) is 0.250. The quantitative estimate of drug-likeness (QED) is 0.529. The topological polar surface area (TPSA) is 26.3 Å². The fourth-order valence-electron chi connectivity index (χ4n) is 1.34. The van der Waals surface area contributed by atoms with Crippen LogP contribution in [0.25, 0.3) is 5.57 Å². The molecule has 0 unspecified atom stereocenters. The van der Waals surface area contributed by atoms with Crippen molar-refractivity contribution in [2.45, 2.75) is 20.8 Å². The van der Waals surface area contributed by atoms with Gasteiger partial charge in [-0.2, -0.15) is 0 Å². The Hall–Kier alpha value is -1.57. The molecule has 74 valence electrons. The first kappa shape index (κ1) is 10.5. The first-order chi connectivity index (χ1) is 6.50. The van der Waals surface area contributed by atoms with Crippen LogP contribution in [0.4, 0.5) is 0 Å². The summed E-state index contributed by atoms with van der Waals surface area (Å²) in [6.45, 7) is 9.18. The van der Waals surface area contributed by atoms with Gasteiger partial charge in [-0.15, -0.1) is 0 Å². The second kappa shape index (κ2) is 4.09. The summed E-state index contributed by atoms with van der Waals surface area (Å²) in [7, 11) is 0. The van der Waals surface area contributed by atoms with Gasteiger partial charge in [0.1, 0.15) is 5.75 Å². The van der Waals surface area contributed by atoms with Gasteiger partial charge in [-0.05, 0) is 37.1 Å². The van der Waals surface area contributed by atoms with Crippen molar-refractivity contribution in [2.75, 3.05) is 0 Å². The number of allylic oxidation sites excluding steroid dienone is 1. The highest BCUT2D eigenvalue weighted by molar-refractivity contribution is 5.70. The van der Waals surface area contributed by atoms with Gasteiger partial charge in [0, 0.05) is 6.92 Å². The zero-order valence-corrected chi connectivity index (χ0v) is 8.76. The maximum atomic E-state index is 10.7. The van der Waals surface area contributed by atoms with Crippen LogP contribution in [0, 0.1) is 6.92 Å². The van der Waals surface area contributed by atoms with Crippen LogP contribution < -0.4 is 4.74 Å². The molecule has 0 saturated carbocycles. The molecule has 0 atom stereocenters. The number of hydrogen-bond donors (Lipinski definition) is 0. The summed E-state index contributed by atoms with van der Waals surface area (Å²) in [5, 5.41) is 0. The zero-order chi connectivity index (χ0) is 10.7. The molecule has 1 rings (SSSR count). The molecule has 0 radical (unpaired) electrons. The molecule has 2 nitrogen and oxygen atoms in total. The van der Waals surface area contributed by atoms with Crippen molar-refractivity contribution in [1.82, 2.24) is 0 Å². The number of hydrogen-bond acceptors (Lipinski definition) is 2. The molecule has 0 aliphatic carbocycles. The first-order valence-electron chi connectivity index (χ1n) is 4.45. The van der Waals surface area contributed by atoms with Gasteiger partial charge in [0.25, 0.3) is 0 Å². The van der Waals surface area contributed by atoms with Gasteiger partial charge in [-0.1, -0.05) is 18.2 Å². The van der Waals surface area contributed by atoms with Crippen LogP contribution in [-0.4, -0.2) is 5.97 Å². The lowest BCUT2D eigenvalue weighted by Gasteiger charge is -2.07. The summed E-state index contributed by atoms with van der Waals surface area (Å²) in [5.74, 6) is 0.285. The average molecular weight is 190 g/mol. The lowest BCUT2D eigenvalue weighted by molar-refractivity contribution is -0.131. The molecule has 0 aliphatic rings. The molecule has 0 aliphatic heterocycles. The predicted octanol–water partition coefficient (Wildman–Crippen LogP) is 2.95. The third kappa shape index (κ3) is 2.46. The summed E-state index contributed by atoms with van der Waals surface area (Å²) in [6.07, 6.45) is 0. The molecular formula is C12H14O2. The molecular weight excluding hydrogens is 176 g/mol. The molecule has 0 amide bonds. The average Bonchev–Trinajstić information content (AvgIpc) is 2.01. The molecule has 0 aromatic heterocycles. The molecule has 14 heavy (non-hydrogen) atoms. The molecule has 0 fully saturated rings. The van der Waals surface area contributed by atoms with E-state index in [1.165, 1.54) is 6.92 Å². The zero-order valence-electron chi connectivity index (χ0n) is 8.76. The lowest BCUT2D eigenvalue weighted by Crippen LogP contribution is -2.01. The minimum Gasteiger partial charge on any atom is -0.427 e. The number of ether oxygens (including phenoxy) is 1. The standard InChI is InChI=1S/C12H14O2/c1-8(2)12-6-5-11(7-9(12)3)14-10(4)13/h5-7H,1H2,2-4H3. The van der Waals surface area contributed by atoms with Crippen molar-refractivity contribution in [1.29, 1.82) is 0 Å². The third-order valence-corrected chi connectivity index (χ3v) is 1.92. The highest BCUT2D eigenvalue weighted by Gasteiger charge is 2.02. The Morgan fingerprint density at radius 3 is 2.43 bits per heavy atom. The van der Waals surface area contributed by atoms with Crippen LogP contribution in [0.3, 0.4) is 0 Å². The van der Waals surface area contributed by atoms with Gasteiger partial charge in [-0.25, -0.2) is 0 Å². The van der Waals surface area contributed by atoms with Crippen LogP contribution in [0.2, 0.25) is 0 Å². The summed E-state index contributed by atoms with van der Waals surface area (Å²) in [4.78, 5) is 10.7. The van der Waals surface area contributed by atoms with Crippen molar-refractivity contribution in [3.8, 4) is 5.75 Å². The van der Waals surface area contributed by atoms with E-state index in [0.717, 1.165) is 16.7 Å². The second-order valence-electron chi connectivity index (χ2n) is 3.35. The van der Waals surface area contributed by atoms with E-state index in [-0.39, 0.29) is 5.97 Å². The Morgan fingerprint density at radius 2 is 2.00 bits per heavy atom. The van der Waals surface area contributed by atoms with E-state index in [4.69, 9.17) is 4.74 Å². The molecule has 2 heteroatoms. The van der Waals surface area contributed by atoms with Gasteiger partial charge in [0.2, 0.25) is 0 Å². The van der Waals surface area contributed by atoms with Crippen molar-refractivity contribution >= 4 is 11.5 Å².